The molecule has 0 aliphatic heterocycles. The van der Waals surface area contributed by atoms with Crippen LogP contribution in [0.5, 0.6) is 5.75 Å². The minimum Gasteiger partial charge on any atom is -0.483 e. The highest BCUT2D eigenvalue weighted by Crippen LogP contribution is 2.33. The first-order valence-corrected chi connectivity index (χ1v) is 12.6. The van der Waals surface area contributed by atoms with Gasteiger partial charge in [-0.3, -0.25) is 9.59 Å². The summed E-state index contributed by atoms with van der Waals surface area (Å²) in [5, 5.41) is 5.13. The van der Waals surface area contributed by atoms with Gasteiger partial charge in [0.05, 0.1) is 4.47 Å². The van der Waals surface area contributed by atoms with E-state index in [1.165, 1.54) is 0 Å². The van der Waals surface area contributed by atoms with Crippen LogP contribution < -0.4 is 10.1 Å². The second-order valence-corrected chi connectivity index (χ2v) is 9.43. The van der Waals surface area contributed by atoms with Crippen molar-refractivity contribution in [2.75, 3.05) is 6.61 Å². The Labute approximate surface area is 210 Å². The summed E-state index contributed by atoms with van der Waals surface area (Å²) >= 11 is 3.62. The molecule has 0 unspecified atom stereocenters. The molecular formula is C28H33BrN2O3. The van der Waals surface area contributed by atoms with Crippen LogP contribution in [0.4, 0.5) is 0 Å². The van der Waals surface area contributed by atoms with E-state index in [9.17, 15) is 9.59 Å². The van der Waals surface area contributed by atoms with E-state index in [1.807, 2.05) is 88.4 Å². The number of benzene rings is 3. The number of nitrogens with one attached hydrogen (secondary N) is 1. The molecule has 6 heteroatoms. The van der Waals surface area contributed by atoms with Crippen LogP contribution in [0.2, 0.25) is 0 Å². The average Bonchev–Trinajstić information content (AvgIpc) is 2.84. The fourth-order valence-corrected chi connectivity index (χ4v) is 4.41. The summed E-state index contributed by atoms with van der Waals surface area (Å²) in [5.41, 5.74) is 2.12. The minimum absolute atomic E-state index is 0.0442. The number of carbonyl (C=O) groups excluding carboxylic acids is 2. The van der Waals surface area contributed by atoms with Gasteiger partial charge in [-0.25, -0.2) is 0 Å². The highest BCUT2D eigenvalue weighted by atomic mass is 79.9. The van der Waals surface area contributed by atoms with Gasteiger partial charge < -0.3 is 15.0 Å². The number of aryl methyl sites for hydroxylation is 1. The fraction of sp³-hybridized carbons (Fsp3) is 0.357. The van der Waals surface area contributed by atoms with Gasteiger partial charge in [0.15, 0.2) is 6.61 Å². The number of ether oxygens (including phenoxy) is 1. The molecule has 0 saturated heterocycles. The van der Waals surface area contributed by atoms with Gasteiger partial charge in [-0.2, -0.15) is 0 Å². The first-order chi connectivity index (χ1) is 16.3. The number of carbonyl (C=O) groups is 2. The Hall–Kier alpha value is -2.86. The molecular weight excluding hydrogens is 492 g/mol. The molecule has 0 bridgehead atoms. The molecule has 0 saturated carbocycles. The topological polar surface area (TPSA) is 58.6 Å². The quantitative estimate of drug-likeness (QED) is 0.353. The second-order valence-electron chi connectivity index (χ2n) is 8.64. The molecule has 0 heterocycles. The van der Waals surface area contributed by atoms with Crippen molar-refractivity contribution in [3.8, 4) is 5.75 Å². The number of amides is 2. The molecule has 1 N–H and O–H groups in total. The van der Waals surface area contributed by atoms with Gasteiger partial charge in [0.25, 0.3) is 5.91 Å². The Morgan fingerprint density at radius 2 is 1.71 bits per heavy atom. The molecule has 0 aromatic heterocycles. The zero-order chi connectivity index (χ0) is 24.7. The van der Waals surface area contributed by atoms with Crippen LogP contribution in [0.15, 0.2) is 65.1 Å². The first kappa shape index (κ1) is 25.8. The molecule has 5 nitrogen and oxygen atoms in total. The monoisotopic (exact) mass is 524 g/mol. The van der Waals surface area contributed by atoms with Crippen LogP contribution in [0.1, 0.15) is 44.7 Å². The van der Waals surface area contributed by atoms with Crippen LogP contribution in [0.25, 0.3) is 10.8 Å². The largest absolute Gasteiger partial charge is 0.483 e. The van der Waals surface area contributed by atoms with E-state index in [-0.39, 0.29) is 24.5 Å². The Morgan fingerprint density at radius 3 is 2.38 bits per heavy atom. The van der Waals surface area contributed by atoms with E-state index in [0.29, 0.717) is 18.7 Å². The van der Waals surface area contributed by atoms with Crippen LogP contribution in [-0.4, -0.2) is 35.4 Å². The first-order valence-electron chi connectivity index (χ1n) is 11.8. The number of nitrogens with zero attached hydrogens (tertiary/aromatic N) is 1. The van der Waals surface area contributed by atoms with Crippen molar-refractivity contribution in [2.24, 2.45) is 0 Å². The number of rotatable bonds is 10. The highest BCUT2D eigenvalue weighted by molar-refractivity contribution is 9.10. The lowest BCUT2D eigenvalue weighted by Gasteiger charge is -2.31. The zero-order valence-corrected chi connectivity index (χ0v) is 21.9. The lowest BCUT2D eigenvalue weighted by molar-refractivity contribution is -0.143. The average molecular weight is 525 g/mol. The molecule has 0 aliphatic carbocycles. The fourth-order valence-electron chi connectivity index (χ4n) is 3.80. The number of fused-ring (bicyclic) bond motifs is 1. The third kappa shape index (κ3) is 6.38. The van der Waals surface area contributed by atoms with Crippen molar-refractivity contribution in [2.45, 2.75) is 59.2 Å². The lowest BCUT2D eigenvalue weighted by atomic mass is 10.1. The van der Waals surface area contributed by atoms with Gasteiger partial charge in [0.2, 0.25) is 5.91 Å². The van der Waals surface area contributed by atoms with Crippen molar-refractivity contribution in [1.82, 2.24) is 10.2 Å². The summed E-state index contributed by atoms with van der Waals surface area (Å²) in [6.45, 7) is 8.13. The minimum atomic E-state index is -0.577. The number of halogens is 1. The van der Waals surface area contributed by atoms with Crippen molar-refractivity contribution >= 4 is 38.5 Å². The summed E-state index contributed by atoms with van der Waals surface area (Å²) < 4.78 is 6.76. The van der Waals surface area contributed by atoms with Gasteiger partial charge in [-0.1, -0.05) is 74.0 Å². The standard InChI is InChI=1S/C28H33BrN2O3/c1-5-20(4)30-28(33)24(6-2)31(17-21-13-11-19(3)12-14-21)26(32)18-34-25-16-15-22-9-7-8-10-23(22)27(25)29/h7-16,20,24H,5-6,17-18H2,1-4H3,(H,30,33)/t20-,24-/m0/s1. The Balaban J connectivity index is 1.82. The van der Waals surface area contributed by atoms with Crippen LogP contribution in [0.3, 0.4) is 0 Å². The van der Waals surface area contributed by atoms with Crippen LogP contribution in [0, 0.1) is 6.92 Å². The van der Waals surface area contributed by atoms with Gasteiger partial charge in [0, 0.05) is 12.6 Å². The zero-order valence-electron chi connectivity index (χ0n) is 20.3. The predicted molar refractivity (Wildman–Crippen MR) is 141 cm³/mol. The van der Waals surface area contributed by atoms with E-state index < -0.39 is 6.04 Å². The smallest absolute Gasteiger partial charge is 0.261 e. The number of hydrogen-bond acceptors (Lipinski definition) is 3. The summed E-state index contributed by atoms with van der Waals surface area (Å²) in [6.07, 6.45) is 1.34. The Bertz CT molecular complexity index is 1130. The van der Waals surface area contributed by atoms with Gasteiger partial charge in [-0.15, -0.1) is 0 Å². The van der Waals surface area contributed by atoms with Crippen molar-refractivity contribution in [1.29, 1.82) is 0 Å². The Morgan fingerprint density at radius 1 is 1.00 bits per heavy atom. The van der Waals surface area contributed by atoms with E-state index >= 15 is 0 Å². The second kappa shape index (κ2) is 12.0. The predicted octanol–water partition coefficient (Wildman–Crippen LogP) is 6.01. The molecule has 2 atom stereocenters. The summed E-state index contributed by atoms with van der Waals surface area (Å²) in [7, 11) is 0. The summed E-state index contributed by atoms with van der Waals surface area (Å²) in [6, 6.07) is 19.3. The molecule has 0 fully saturated rings. The number of hydrogen-bond donors (Lipinski definition) is 1. The van der Waals surface area contributed by atoms with Crippen LogP contribution >= 0.6 is 15.9 Å². The molecule has 0 aliphatic rings. The molecule has 0 radical (unpaired) electrons. The SMILES string of the molecule is CC[C@H](C)NC(=O)[C@H](CC)N(Cc1ccc(C)cc1)C(=O)COc1ccc2ccccc2c1Br. The maximum Gasteiger partial charge on any atom is 0.261 e. The van der Waals surface area contributed by atoms with E-state index in [4.69, 9.17) is 4.74 Å². The Kier molecular flexibility index (Phi) is 9.11. The molecule has 3 aromatic rings. The van der Waals surface area contributed by atoms with E-state index in [1.54, 1.807) is 4.90 Å². The summed E-state index contributed by atoms with van der Waals surface area (Å²) in [5.74, 6) is 0.232. The molecule has 180 valence electrons. The van der Waals surface area contributed by atoms with Crippen molar-refractivity contribution in [3.05, 3.63) is 76.3 Å². The van der Waals surface area contributed by atoms with Gasteiger partial charge >= 0.3 is 0 Å². The van der Waals surface area contributed by atoms with Gasteiger partial charge in [-0.05, 0) is 65.0 Å². The molecule has 3 aromatic carbocycles. The molecule has 0 spiro atoms. The van der Waals surface area contributed by atoms with E-state index in [0.717, 1.165) is 32.8 Å². The maximum atomic E-state index is 13.4. The molecule has 3 rings (SSSR count). The summed E-state index contributed by atoms with van der Waals surface area (Å²) in [4.78, 5) is 28.1. The maximum absolute atomic E-state index is 13.4. The third-order valence-corrected chi connectivity index (χ3v) is 6.86. The van der Waals surface area contributed by atoms with Crippen LogP contribution in [-0.2, 0) is 16.1 Å². The van der Waals surface area contributed by atoms with Crippen molar-refractivity contribution in [3.63, 3.8) is 0 Å². The van der Waals surface area contributed by atoms with E-state index in [2.05, 4.69) is 21.2 Å². The third-order valence-electron chi connectivity index (χ3n) is 6.04. The lowest BCUT2D eigenvalue weighted by Crippen LogP contribution is -2.51. The van der Waals surface area contributed by atoms with Crippen molar-refractivity contribution < 1.29 is 14.3 Å². The molecule has 2 amide bonds. The van der Waals surface area contributed by atoms with Gasteiger partial charge in [0.1, 0.15) is 11.8 Å². The highest BCUT2D eigenvalue weighted by Gasteiger charge is 2.29. The molecule has 34 heavy (non-hydrogen) atoms. The normalized spacial score (nSPS) is 12.7.